The minimum atomic E-state index is -0.448. The van der Waals surface area contributed by atoms with Crippen molar-refractivity contribution in [1.29, 1.82) is 0 Å². The van der Waals surface area contributed by atoms with E-state index in [0.29, 0.717) is 10.6 Å². The van der Waals surface area contributed by atoms with E-state index in [1.807, 2.05) is 0 Å². The van der Waals surface area contributed by atoms with E-state index in [4.69, 9.17) is 11.6 Å². The van der Waals surface area contributed by atoms with Gasteiger partial charge in [0.2, 0.25) is 11.8 Å². The molecule has 19 heavy (non-hydrogen) atoms. The maximum atomic E-state index is 13.7. The Balaban J connectivity index is 2.20. The van der Waals surface area contributed by atoms with Crippen LogP contribution in [-0.2, 0) is 16.1 Å². The van der Waals surface area contributed by atoms with Gasteiger partial charge in [-0.25, -0.2) is 4.39 Å². The number of benzene rings is 1. The lowest BCUT2D eigenvalue weighted by Gasteiger charge is -2.26. The lowest BCUT2D eigenvalue weighted by molar-refractivity contribution is -0.132. The molecule has 0 bridgehead atoms. The molecule has 0 spiro atoms. The van der Waals surface area contributed by atoms with Gasteiger partial charge in [0.25, 0.3) is 0 Å². The molecule has 1 heterocycles. The molecular formula is C13H14ClFN2O2. The first kappa shape index (κ1) is 13.8. The molecule has 2 amide bonds. The quantitative estimate of drug-likeness (QED) is 0.899. The fraction of sp³-hybridized carbons (Fsp3) is 0.385. The first-order chi connectivity index (χ1) is 8.97. The summed E-state index contributed by atoms with van der Waals surface area (Å²) in [5.41, 5.74) is 0.388. The van der Waals surface area contributed by atoms with Crippen LogP contribution in [-0.4, -0.2) is 29.3 Å². The Labute approximate surface area is 115 Å². The van der Waals surface area contributed by atoms with Gasteiger partial charge in [-0.3, -0.25) is 9.59 Å². The molecule has 1 fully saturated rings. The minimum Gasteiger partial charge on any atom is -0.347 e. The van der Waals surface area contributed by atoms with Crippen LogP contribution in [0.15, 0.2) is 18.2 Å². The van der Waals surface area contributed by atoms with E-state index < -0.39 is 5.82 Å². The number of nitrogens with one attached hydrogen (secondary N) is 1. The summed E-state index contributed by atoms with van der Waals surface area (Å²) in [5, 5.41) is 2.83. The molecule has 0 aliphatic carbocycles. The minimum absolute atomic E-state index is 0.0433. The van der Waals surface area contributed by atoms with Gasteiger partial charge in [-0.1, -0.05) is 17.7 Å². The fourth-order valence-electron chi connectivity index (χ4n) is 2.05. The molecule has 1 atom stereocenters. The van der Waals surface area contributed by atoms with E-state index in [-0.39, 0.29) is 37.4 Å². The standard InChI is InChI=1S/C13H14ClFN2O2/c1-8-4-12(18)16-6-13(19)17(8)7-9-2-3-10(14)5-11(9)15/h2-3,5,8H,4,6-7H2,1H3,(H,16,18). The van der Waals surface area contributed by atoms with Crippen LogP contribution < -0.4 is 5.32 Å². The topological polar surface area (TPSA) is 49.4 Å². The molecule has 1 aromatic rings. The molecule has 0 aromatic heterocycles. The molecule has 0 saturated carbocycles. The predicted molar refractivity (Wildman–Crippen MR) is 69.0 cm³/mol. The van der Waals surface area contributed by atoms with Crippen LogP contribution in [0.25, 0.3) is 0 Å². The first-order valence-electron chi connectivity index (χ1n) is 5.97. The van der Waals surface area contributed by atoms with Gasteiger partial charge in [-0.05, 0) is 19.1 Å². The molecule has 0 radical (unpaired) electrons. The van der Waals surface area contributed by atoms with Gasteiger partial charge in [0.05, 0.1) is 6.54 Å². The number of rotatable bonds is 2. The molecule has 1 aromatic carbocycles. The van der Waals surface area contributed by atoms with Crippen molar-refractivity contribution in [2.24, 2.45) is 0 Å². The largest absolute Gasteiger partial charge is 0.347 e. The SMILES string of the molecule is CC1CC(=O)NCC(=O)N1Cc1ccc(Cl)cc1F. The normalized spacial score (nSPS) is 20.2. The number of nitrogens with zero attached hydrogens (tertiary/aromatic N) is 1. The molecule has 1 N–H and O–H groups in total. The van der Waals surface area contributed by atoms with Gasteiger partial charge in [0, 0.05) is 29.6 Å². The Morgan fingerprint density at radius 3 is 2.89 bits per heavy atom. The van der Waals surface area contributed by atoms with Crippen molar-refractivity contribution in [3.05, 3.63) is 34.6 Å². The predicted octanol–water partition coefficient (Wildman–Crippen LogP) is 1.72. The van der Waals surface area contributed by atoms with Crippen molar-refractivity contribution in [2.75, 3.05) is 6.54 Å². The Kier molecular flexibility index (Phi) is 4.04. The van der Waals surface area contributed by atoms with E-state index in [9.17, 15) is 14.0 Å². The Hall–Kier alpha value is -1.62. The van der Waals surface area contributed by atoms with E-state index in [2.05, 4.69) is 5.32 Å². The highest BCUT2D eigenvalue weighted by atomic mass is 35.5. The average molecular weight is 285 g/mol. The Morgan fingerprint density at radius 2 is 2.21 bits per heavy atom. The molecule has 4 nitrogen and oxygen atoms in total. The number of amides is 2. The summed E-state index contributed by atoms with van der Waals surface area (Å²) in [6, 6.07) is 4.09. The van der Waals surface area contributed by atoms with Crippen molar-refractivity contribution >= 4 is 23.4 Å². The molecular weight excluding hydrogens is 271 g/mol. The van der Waals surface area contributed by atoms with E-state index in [1.165, 1.54) is 11.0 Å². The van der Waals surface area contributed by atoms with E-state index in [1.54, 1.807) is 19.1 Å². The van der Waals surface area contributed by atoms with Gasteiger partial charge in [-0.2, -0.15) is 0 Å². The molecule has 1 saturated heterocycles. The maximum absolute atomic E-state index is 13.7. The van der Waals surface area contributed by atoms with Crippen molar-refractivity contribution in [1.82, 2.24) is 10.2 Å². The molecule has 1 unspecified atom stereocenters. The van der Waals surface area contributed by atoms with Crippen LogP contribution >= 0.6 is 11.6 Å². The second-order valence-electron chi connectivity index (χ2n) is 4.59. The zero-order valence-electron chi connectivity index (χ0n) is 10.5. The molecule has 102 valence electrons. The van der Waals surface area contributed by atoms with E-state index >= 15 is 0 Å². The summed E-state index contributed by atoms with van der Waals surface area (Å²) in [4.78, 5) is 24.8. The third kappa shape index (κ3) is 3.23. The highest BCUT2D eigenvalue weighted by molar-refractivity contribution is 6.30. The van der Waals surface area contributed by atoms with E-state index in [0.717, 1.165) is 0 Å². The highest BCUT2D eigenvalue weighted by Crippen LogP contribution is 2.19. The summed E-state index contributed by atoms with van der Waals surface area (Å²) in [5.74, 6) is -0.830. The van der Waals surface area contributed by atoms with Crippen molar-refractivity contribution < 1.29 is 14.0 Å². The lowest BCUT2D eigenvalue weighted by atomic mass is 10.1. The van der Waals surface area contributed by atoms with Crippen LogP contribution in [0.2, 0.25) is 5.02 Å². The molecule has 1 aliphatic heterocycles. The zero-order valence-corrected chi connectivity index (χ0v) is 11.2. The van der Waals surface area contributed by atoms with Crippen LogP contribution in [0.5, 0.6) is 0 Å². The highest BCUT2D eigenvalue weighted by Gasteiger charge is 2.27. The van der Waals surface area contributed by atoms with Gasteiger partial charge in [0.15, 0.2) is 0 Å². The number of carbonyl (C=O) groups excluding carboxylic acids is 2. The van der Waals surface area contributed by atoms with Gasteiger partial charge in [-0.15, -0.1) is 0 Å². The molecule has 1 aliphatic rings. The summed E-state index contributed by atoms with van der Waals surface area (Å²) < 4.78 is 13.7. The van der Waals surface area contributed by atoms with Crippen LogP contribution in [0.4, 0.5) is 4.39 Å². The second-order valence-corrected chi connectivity index (χ2v) is 5.02. The van der Waals surface area contributed by atoms with Crippen LogP contribution in [0, 0.1) is 5.82 Å². The smallest absolute Gasteiger partial charge is 0.242 e. The fourth-order valence-corrected chi connectivity index (χ4v) is 2.21. The maximum Gasteiger partial charge on any atom is 0.242 e. The Bertz CT molecular complexity index is 521. The van der Waals surface area contributed by atoms with Crippen molar-refractivity contribution in [3.63, 3.8) is 0 Å². The summed E-state index contributed by atoms with van der Waals surface area (Å²) >= 11 is 5.69. The van der Waals surface area contributed by atoms with Crippen LogP contribution in [0.1, 0.15) is 18.9 Å². The Morgan fingerprint density at radius 1 is 1.47 bits per heavy atom. The molecule has 6 heteroatoms. The second kappa shape index (κ2) is 5.57. The number of halogens is 2. The summed E-state index contributed by atoms with van der Waals surface area (Å²) in [6.07, 6.45) is 0.223. The van der Waals surface area contributed by atoms with Gasteiger partial charge < -0.3 is 10.2 Å². The van der Waals surface area contributed by atoms with Crippen molar-refractivity contribution in [2.45, 2.75) is 25.9 Å². The number of hydrogen-bond donors (Lipinski definition) is 1. The lowest BCUT2D eigenvalue weighted by Crippen LogP contribution is -2.39. The molecule has 2 rings (SSSR count). The number of hydrogen-bond acceptors (Lipinski definition) is 2. The third-order valence-electron chi connectivity index (χ3n) is 3.13. The average Bonchev–Trinajstić information content (AvgIpc) is 2.45. The van der Waals surface area contributed by atoms with Gasteiger partial charge in [0.1, 0.15) is 5.82 Å². The first-order valence-corrected chi connectivity index (χ1v) is 6.35. The number of carbonyl (C=O) groups is 2. The van der Waals surface area contributed by atoms with Gasteiger partial charge >= 0.3 is 0 Å². The zero-order chi connectivity index (χ0) is 14.0. The monoisotopic (exact) mass is 284 g/mol. The summed E-state index contributed by atoms with van der Waals surface area (Å²) in [6.45, 7) is 1.87. The van der Waals surface area contributed by atoms with Crippen LogP contribution in [0.3, 0.4) is 0 Å². The third-order valence-corrected chi connectivity index (χ3v) is 3.36. The van der Waals surface area contributed by atoms with Crippen molar-refractivity contribution in [3.8, 4) is 0 Å². The summed E-state index contributed by atoms with van der Waals surface area (Å²) in [7, 11) is 0.